The van der Waals surface area contributed by atoms with Gasteiger partial charge in [0.15, 0.2) is 6.29 Å². The Morgan fingerprint density at radius 2 is 1.07 bits per heavy atom. The number of nitrogens with zero attached hydrogens (tertiary/aromatic N) is 4. The number of rotatable bonds is 13. The van der Waals surface area contributed by atoms with Gasteiger partial charge in [0.1, 0.15) is 11.5 Å². The molecule has 0 saturated carbocycles. The van der Waals surface area contributed by atoms with Crippen LogP contribution in [0, 0.1) is 12.3 Å². The van der Waals surface area contributed by atoms with Crippen LogP contribution < -0.4 is 34.8 Å². The first-order valence-corrected chi connectivity index (χ1v) is 29.1. The average molecular weight is 1090 g/mol. The Labute approximate surface area is 484 Å². The zero-order valence-electron chi connectivity index (χ0n) is 49.6. The van der Waals surface area contributed by atoms with Crippen molar-refractivity contribution in [2.45, 2.75) is 83.4 Å². The van der Waals surface area contributed by atoms with E-state index in [9.17, 15) is 10.2 Å². The second-order valence-corrected chi connectivity index (χ2v) is 25.1. The molecule has 8 aromatic rings. The number of anilines is 4. The average Bonchev–Trinajstić information content (AvgIpc) is 2.09. The maximum atomic E-state index is 10.0. The molecule has 1 aliphatic carbocycles. The van der Waals surface area contributed by atoms with Gasteiger partial charge in [-0.25, -0.2) is 0 Å². The molecule has 0 atom stereocenters. The molecular formula is C73H76N4O3S. The van der Waals surface area contributed by atoms with E-state index >= 15 is 0 Å². The van der Waals surface area contributed by atoms with Crippen molar-refractivity contribution in [3.8, 4) is 44.9 Å². The lowest BCUT2D eigenvalue weighted by molar-refractivity contribution is -0.0424. The van der Waals surface area contributed by atoms with Crippen LogP contribution in [0.15, 0.2) is 174 Å². The fraction of sp³-hybridized carbons (Fsp3) is 0.260. The molecule has 0 unspecified atom stereocenters. The highest BCUT2D eigenvalue weighted by Gasteiger charge is 2.37. The first-order valence-electron chi connectivity index (χ1n) is 28.3. The lowest BCUT2D eigenvalue weighted by atomic mass is 9.73. The Morgan fingerprint density at radius 3 is 1.60 bits per heavy atom. The summed E-state index contributed by atoms with van der Waals surface area (Å²) in [6, 6.07) is 55.5. The molecule has 2 N–H and O–H groups in total. The van der Waals surface area contributed by atoms with E-state index in [1.165, 1.54) is 55.1 Å². The van der Waals surface area contributed by atoms with E-state index in [0.717, 1.165) is 95.0 Å². The second kappa shape index (κ2) is 21.3. The summed E-state index contributed by atoms with van der Waals surface area (Å²) in [5, 5.41) is 22.2. The lowest BCUT2D eigenvalue weighted by Crippen LogP contribution is -2.45. The van der Waals surface area contributed by atoms with Crippen LogP contribution in [0.4, 0.5) is 22.7 Å². The number of hydrogen-bond donors (Lipinski definition) is 2. The highest BCUT2D eigenvalue weighted by molar-refractivity contribution is 7.99. The minimum atomic E-state index is -1.53. The van der Waals surface area contributed by atoms with Crippen LogP contribution in [0.2, 0.25) is 0 Å². The standard InChI is InChI=1S/C73H76N4O3S/c1-15-77-62-41-64-60(39-57(62)45(3)43-73(77,7)8)69(59-38-56-44(2)42-72(5,6)61(58(56)40-63(59)80-64)37-47-21-23-51(24-22-47)71(78)79)66-46(4)65(48-25-31-52(32-26-48)74(9)10)67(49-27-33-53(34-28-49)75(11)12)70(81-55-19-17-16-18-20-55)68(66)50-29-35-54(36-30-50)76(13)14/h16-36,38-43,71,78-79H,15,37H2,1-14H3. The fourth-order valence-electron chi connectivity index (χ4n) is 12.9. The molecule has 2 aliphatic heterocycles. The molecule has 0 bridgehead atoms. The van der Waals surface area contributed by atoms with Crippen molar-refractivity contribution >= 4 is 56.8 Å². The van der Waals surface area contributed by atoms with Crippen molar-refractivity contribution in [3.05, 3.63) is 213 Å². The molecule has 412 valence electrons. The van der Waals surface area contributed by atoms with Gasteiger partial charge >= 0.3 is 0 Å². The predicted molar refractivity (Wildman–Crippen MR) is 344 cm³/mol. The molecule has 81 heavy (non-hydrogen) atoms. The van der Waals surface area contributed by atoms with Gasteiger partial charge in [0.2, 0.25) is 0 Å². The topological polar surface area (TPSA) is 62.7 Å². The van der Waals surface area contributed by atoms with Crippen molar-refractivity contribution in [1.29, 1.82) is 0 Å². The van der Waals surface area contributed by atoms with Gasteiger partial charge in [0.05, 0.1) is 5.54 Å². The minimum Gasteiger partial charge on any atom is -0.456 e. The molecule has 0 aromatic heterocycles. The van der Waals surface area contributed by atoms with E-state index in [4.69, 9.17) is 4.74 Å². The maximum Gasteiger partial charge on any atom is 0.178 e. The monoisotopic (exact) mass is 1090 g/mol. The zero-order chi connectivity index (χ0) is 57.4. The molecule has 0 saturated heterocycles. The third-order valence-electron chi connectivity index (χ3n) is 17.0. The van der Waals surface area contributed by atoms with Crippen molar-refractivity contribution in [3.63, 3.8) is 0 Å². The van der Waals surface area contributed by atoms with Gasteiger partial charge in [-0.3, -0.25) is 0 Å². The SMILES string of the molecule is CCN1c2cc3c(cc2C(C)=CC1(C)C)C(c1c(C)c(-c2ccc(N(C)C)cc2)c(-c2ccc(N(C)C)cc2)c(Sc2ccccc2)c1-c1ccc(N(C)C)cc1)=c1cc2c(cc1O3)=C(Cc1ccc(C(O)O)cc1)C(C)(C)C=C2C. The van der Waals surface area contributed by atoms with Gasteiger partial charge in [-0.05, 0) is 181 Å². The van der Waals surface area contributed by atoms with E-state index in [2.05, 4.69) is 257 Å². The van der Waals surface area contributed by atoms with Crippen LogP contribution >= 0.6 is 11.8 Å². The number of aliphatic hydroxyl groups is 2. The van der Waals surface area contributed by atoms with Crippen LogP contribution in [0.25, 0.3) is 55.7 Å². The molecule has 7 nitrogen and oxygen atoms in total. The predicted octanol–water partition coefficient (Wildman–Crippen LogP) is 15.5. The smallest absolute Gasteiger partial charge is 0.178 e. The van der Waals surface area contributed by atoms with Gasteiger partial charge in [-0.15, -0.1) is 0 Å². The van der Waals surface area contributed by atoms with Crippen molar-refractivity contribution in [1.82, 2.24) is 0 Å². The maximum absolute atomic E-state index is 10.0. The number of allylic oxidation sites excluding steroid dienone is 3. The summed E-state index contributed by atoms with van der Waals surface area (Å²) in [7, 11) is 12.6. The first-order chi connectivity index (χ1) is 38.6. The molecule has 0 amide bonds. The molecular weight excluding hydrogens is 1010 g/mol. The molecule has 0 spiro atoms. The van der Waals surface area contributed by atoms with Crippen LogP contribution in [0.3, 0.4) is 0 Å². The van der Waals surface area contributed by atoms with Gasteiger partial charge in [0.25, 0.3) is 0 Å². The summed E-state index contributed by atoms with van der Waals surface area (Å²) in [5.41, 5.74) is 23.2. The molecule has 8 aromatic carbocycles. The number of fused-ring (bicyclic) bond motifs is 4. The van der Waals surface area contributed by atoms with E-state index in [1.807, 2.05) is 36.0 Å². The van der Waals surface area contributed by atoms with Crippen LogP contribution in [-0.4, -0.2) is 64.6 Å². The van der Waals surface area contributed by atoms with Gasteiger partial charge in [-0.2, -0.15) is 0 Å². The summed E-state index contributed by atoms with van der Waals surface area (Å²) in [6.45, 7) is 19.2. The third-order valence-corrected chi connectivity index (χ3v) is 18.1. The molecule has 2 heterocycles. The van der Waals surface area contributed by atoms with Crippen molar-refractivity contribution < 1.29 is 14.9 Å². The zero-order valence-corrected chi connectivity index (χ0v) is 50.4. The largest absolute Gasteiger partial charge is 0.456 e. The van der Waals surface area contributed by atoms with Gasteiger partial charge < -0.3 is 34.5 Å². The summed E-state index contributed by atoms with van der Waals surface area (Å²) in [6.07, 6.45) is 4.00. The van der Waals surface area contributed by atoms with E-state index < -0.39 is 6.29 Å². The third kappa shape index (κ3) is 10.1. The number of benzene rings is 8. The van der Waals surface area contributed by atoms with E-state index in [-0.39, 0.29) is 11.0 Å². The number of hydrogen-bond acceptors (Lipinski definition) is 8. The van der Waals surface area contributed by atoms with Crippen LogP contribution in [0.5, 0.6) is 11.5 Å². The summed E-state index contributed by atoms with van der Waals surface area (Å²) in [5.74, 6) is 1.64. The molecule has 0 radical (unpaired) electrons. The Kier molecular flexibility index (Phi) is 14.5. The normalized spacial score (nSPS) is 14.8. The number of likely N-dealkylation sites (N-methyl/N-ethyl adjacent to an activating group) is 1. The Bertz CT molecular complexity index is 3940. The summed E-state index contributed by atoms with van der Waals surface area (Å²) >= 11 is 1.84. The quantitative estimate of drug-likeness (QED) is 0.111. The second-order valence-electron chi connectivity index (χ2n) is 24.0. The van der Waals surface area contributed by atoms with E-state index in [0.29, 0.717) is 12.0 Å². The highest BCUT2D eigenvalue weighted by Crippen LogP contribution is 2.56. The van der Waals surface area contributed by atoms with Crippen LogP contribution in [-0.2, 0) is 6.42 Å². The Balaban J connectivity index is 1.35. The molecule has 0 fully saturated rings. The van der Waals surface area contributed by atoms with Crippen molar-refractivity contribution in [2.75, 3.05) is 68.4 Å². The van der Waals surface area contributed by atoms with E-state index in [1.54, 1.807) is 0 Å². The summed E-state index contributed by atoms with van der Waals surface area (Å²) < 4.78 is 7.55. The van der Waals surface area contributed by atoms with Gasteiger partial charge in [0, 0.05) is 131 Å². The minimum absolute atomic E-state index is 0.214. The summed E-state index contributed by atoms with van der Waals surface area (Å²) in [4.78, 5) is 11.3. The fourth-order valence-corrected chi connectivity index (χ4v) is 14.1. The number of ether oxygens (including phenoxy) is 1. The van der Waals surface area contributed by atoms with Crippen molar-refractivity contribution in [2.24, 2.45) is 5.41 Å². The highest BCUT2D eigenvalue weighted by atomic mass is 32.2. The lowest BCUT2D eigenvalue weighted by Gasteiger charge is -2.43. The van der Waals surface area contributed by atoms with Crippen LogP contribution in [0.1, 0.15) is 93.7 Å². The molecule has 11 rings (SSSR count). The number of aliphatic hydroxyl groups excluding tert-OH is 1. The van der Waals surface area contributed by atoms with Gasteiger partial charge in [-0.1, -0.05) is 117 Å². The molecule has 3 aliphatic rings. The Hall–Kier alpha value is -7.75. The molecule has 8 heteroatoms. The first kappa shape index (κ1) is 55.2. The Morgan fingerprint density at radius 1 is 0.543 bits per heavy atom.